The molecule has 1 N–H and O–H groups in total. The van der Waals surface area contributed by atoms with Crippen molar-refractivity contribution in [1.29, 1.82) is 0 Å². The topological polar surface area (TPSA) is 29.9 Å². The number of anilines is 1. The summed E-state index contributed by atoms with van der Waals surface area (Å²) < 4.78 is 1.97. The summed E-state index contributed by atoms with van der Waals surface area (Å²) >= 11 is 0. The van der Waals surface area contributed by atoms with Gasteiger partial charge in [0, 0.05) is 19.2 Å². The van der Waals surface area contributed by atoms with Gasteiger partial charge in [-0.15, -0.1) is 0 Å². The van der Waals surface area contributed by atoms with Crippen molar-refractivity contribution in [3.63, 3.8) is 0 Å². The van der Waals surface area contributed by atoms with E-state index in [1.165, 1.54) is 25.0 Å². The SMILES string of the molecule is CCCc1cc(NC(C)CC2CC2)n(C)n1. The van der Waals surface area contributed by atoms with Crippen LogP contribution in [0.3, 0.4) is 0 Å². The molecule has 0 radical (unpaired) electrons. The van der Waals surface area contributed by atoms with E-state index in [1.54, 1.807) is 0 Å². The Hall–Kier alpha value is -0.990. The maximum absolute atomic E-state index is 4.50. The molecule has 0 amide bonds. The Kier molecular flexibility index (Phi) is 3.52. The molecule has 1 aliphatic carbocycles. The first-order chi connectivity index (χ1) is 7.69. The van der Waals surface area contributed by atoms with Gasteiger partial charge < -0.3 is 5.32 Å². The van der Waals surface area contributed by atoms with Crippen molar-refractivity contribution < 1.29 is 0 Å². The minimum atomic E-state index is 0.567. The normalized spacial score (nSPS) is 17.4. The number of rotatable bonds is 6. The lowest BCUT2D eigenvalue weighted by Gasteiger charge is -2.14. The molecule has 2 rings (SSSR count). The van der Waals surface area contributed by atoms with Crippen molar-refractivity contribution in [2.24, 2.45) is 13.0 Å². The van der Waals surface area contributed by atoms with Crippen LogP contribution in [0.2, 0.25) is 0 Å². The van der Waals surface area contributed by atoms with E-state index in [0.717, 1.165) is 24.6 Å². The lowest BCUT2D eigenvalue weighted by atomic mass is 10.1. The van der Waals surface area contributed by atoms with Gasteiger partial charge in [-0.1, -0.05) is 26.2 Å². The minimum absolute atomic E-state index is 0.567. The average Bonchev–Trinajstić information content (AvgIpc) is 2.94. The summed E-state index contributed by atoms with van der Waals surface area (Å²) in [5.74, 6) is 2.14. The molecule has 1 aromatic heterocycles. The van der Waals surface area contributed by atoms with Gasteiger partial charge in [-0.3, -0.25) is 4.68 Å². The van der Waals surface area contributed by atoms with Gasteiger partial charge in [-0.25, -0.2) is 0 Å². The van der Waals surface area contributed by atoms with Gasteiger partial charge in [0.1, 0.15) is 5.82 Å². The summed E-state index contributed by atoms with van der Waals surface area (Å²) in [6.07, 6.45) is 6.39. The van der Waals surface area contributed by atoms with Crippen LogP contribution in [0.25, 0.3) is 0 Å². The van der Waals surface area contributed by atoms with E-state index in [-0.39, 0.29) is 0 Å². The van der Waals surface area contributed by atoms with Gasteiger partial charge in [-0.2, -0.15) is 5.10 Å². The van der Waals surface area contributed by atoms with E-state index in [4.69, 9.17) is 0 Å². The van der Waals surface area contributed by atoms with Gasteiger partial charge in [0.25, 0.3) is 0 Å². The second-order valence-electron chi connectivity index (χ2n) is 5.12. The summed E-state index contributed by atoms with van der Waals surface area (Å²) in [5.41, 5.74) is 1.20. The largest absolute Gasteiger partial charge is 0.368 e. The quantitative estimate of drug-likeness (QED) is 0.800. The van der Waals surface area contributed by atoms with Gasteiger partial charge in [0.2, 0.25) is 0 Å². The summed E-state index contributed by atoms with van der Waals surface area (Å²) in [7, 11) is 2.02. The maximum atomic E-state index is 4.50. The third-order valence-corrected chi connectivity index (χ3v) is 3.21. The summed E-state index contributed by atoms with van der Waals surface area (Å²) in [4.78, 5) is 0. The molecule has 1 atom stereocenters. The molecule has 0 spiro atoms. The zero-order chi connectivity index (χ0) is 11.5. The highest BCUT2D eigenvalue weighted by Gasteiger charge is 2.23. The molecule has 3 heteroatoms. The van der Waals surface area contributed by atoms with Crippen molar-refractivity contribution in [3.05, 3.63) is 11.8 Å². The Morgan fingerprint density at radius 1 is 1.56 bits per heavy atom. The van der Waals surface area contributed by atoms with E-state index in [2.05, 4.69) is 30.3 Å². The Morgan fingerprint density at radius 2 is 2.31 bits per heavy atom. The number of nitrogens with one attached hydrogen (secondary N) is 1. The van der Waals surface area contributed by atoms with Crippen LogP contribution in [-0.4, -0.2) is 15.8 Å². The maximum Gasteiger partial charge on any atom is 0.124 e. The highest BCUT2D eigenvalue weighted by atomic mass is 15.3. The molecule has 0 aromatic carbocycles. The molecule has 1 fully saturated rings. The zero-order valence-electron chi connectivity index (χ0n) is 10.7. The Labute approximate surface area is 98.2 Å². The third kappa shape index (κ3) is 3.00. The highest BCUT2D eigenvalue weighted by molar-refractivity contribution is 5.38. The first kappa shape index (κ1) is 11.5. The number of aromatic nitrogens is 2. The molecule has 3 nitrogen and oxygen atoms in total. The van der Waals surface area contributed by atoms with E-state index in [0.29, 0.717) is 6.04 Å². The van der Waals surface area contributed by atoms with E-state index < -0.39 is 0 Å². The third-order valence-electron chi connectivity index (χ3n) is 3.21. The number of nitrogens with zero attached hydrogens (tertiary/aromatic N) is 2. The van der Waals surface area contributed by atoms with Crippen LogP contribution in [0.1, 0.15) is 45.2 Å². The van der Waals surface area contributed by atoms with Crippen LogP contribution < -0.4 is 5.32 Å². The Balaban J connectivity index is 1.91. The first-order valence-corrected chi connectivity index (χ1v) is 6.48. The molecule has 0 bridgehead atoms. The van der Waals surface area contributed by atoms with Crippen molar-refractivity contribution in [3.8, 4) is 0 Å². The van der Waals surface area contributed by atoms with Gasteiger partial charge >= 0.3 is 0 Å². The second-order valence-corrected chi connectivity index (χ2v) is 5.12. The number of hydrogen-bond donors (Lipinski definition) is 1. The van der Waals surface area contributed by atoms with Gasteiger partial charge in [0.05, 0.1) is 5.69 Å². The summed E-state index contributed by atoms with van der Waals surface area (Å²) in [6.45, 7) is 4.46. The molecule has 0 saturated heterocycles. The highest BCUT2D eigenvalue weighted by Crippen LogP contribution is 2.34. The lowest BCUT2D eigenvalue weighted by Crippen LogP contribution is -2.17. The van der Waals surface area contributed by atoms with Gasteiger partial charge in [-0.05, 0) is 25.7 Å². The molecule has 1 aliphatic rings. The minimum Gasteiger partial charge on any atom is -0.368 e. The van der Waals surface area contributed by atoms with Crippen molar-refractivity contribution in [2.75, 3.05) is 5.32 Å². The molecular weight excluding hydrogens is 198 g/mol. The smallest absolute Gasteiger partial charge is 0.124 e. The van der Waals surface area contributed by atoms with Crippen LogP contribution in [0.15, 0.2) is 6.07 Å². The monoisotopic (exact) mass is 221 g/mol. The number of hydrogen-bond acceptors (Lipinski definition) is 2. The lowest BCUT2D eigenvalue weighted by molar-refractivity contribution is 0.630. The Morgan fingerprint density at radius 3 is 2.94 bits per heavy atom. The molecule has 1 heterocycles. The molecule has 1 unspecified atom stereocenters. The number of aryl methyl sites for hydroxylation is 2. The van der Waals surface area contributed by atoms with E-state index in [1.807, 2.05) is 11.7 Å². The van der Waals surface area contributed by atoms with Crippen molar-refractivity contribution in [2.45, 2.75) is 52.0 Å². The standard InChI is InChI=1S/C13H23N3/c1-4-5-12-9-13(16(3)15-12)14-10(2)8-11-6-7-11/h9-11,14H,4-8H2,1-3H3. The molecule has 0 aliphatic heterocycles. The predicted molar refractivity (Wildman–Crippen MR) is 67.6 cm³/mol. The van der Waals surface area contributed by atoms with Crippen molar-refractivity contribution >= 4 is 5.82 Å². The fourth-order valence-electron chi connectivity index (χ4n) is 2.20. The fourth-order valence-corrected chi connectivity index (χ4v) is 2.20. The molecule has 1 saturated carbocycles. The molecular formula is C13H23N3. The zero-order valence-corrected chi connectivity index (χ0v) is 10.7. The van der Waals surface area contributed by atoms with E-state index in [9.17, 15) is 0 Å². The fraction of sp³-hybridized carbons (Fsp3) is 0.769. The first-order valence-electron chi connectivity index (χ1n) is 6.48. The average molecular weight is 221 g/mol. The Bertz CT molecular complexity index is 339. The van der Waals surface area contributed by atoms with Crippen LogP contribution in [0.5, 0.6) is 0 Å². The van der Waals surface area contributed by atoms with Crippen LogP contribution in [0, 0.1) is 5.92 Å². The molecule has 1 aromatic rings. The van der Waals surface area contributed by atoms with Crippen LogP contribution in [-0.2, 0) is 13.5 Å². The van der Waals surface area contributed by atoms with Crippen LogP contribution in [0.4, 0.5) is 5.82 Å². The molecule has 16 heavy (non-hydrogen) atoms. The second kappa shape index (κ2) is 4.89. The van der Waals surface area contributed by atoms with Crippen molar-refractivity contribution in [1.82, 2.24) is 9.78 Å². The van der Waals surface area contributed by atoms with Gasteiger partial charge in [0.15, 0.2) is 0 Å². The van der Waals surface area contributed by atoms with Crippen LogP contribution >= 0.6 is 0 Å². The summed E-state index contributed by atoms with van der Waals surface area (Å²) in [6, 6.07) is 2.75. The van der Waals surface area contributed by atoms with E-state index >= 15 is 0 Å². The predicted octanol–water partition coefficient (Wildman–Crippen LogP) is 2.97. The molecule has 90 valence electrons. The summed E-state index contributed by atoms with van der Waals surface area (Å²) in [5, 5.41) is 8.06.